The smallest absolute Gasteiger partial charge is 0.279 e. The van der Waals surface area contributed by atoms with Crippen LogP contribution in [0.1, 0.15) is 46.6 Å². The van der Waals surface area contributed by atoms with Crippen molar-refractivity contribution in [1.82, 2.24) is 110 Å². The first kappa shape index (κ1) is 61.8. The summed E-state index contributed by atoms with van der Waals surface area (Å²) in [7, 11) is 1.66. The topological polar surface area (TPSA) is 455 Å². The van der Waals surface area contributed by atoms with Crippen LogP contribution in [0.5, 0.6) is 0 Å². The van der Waals surface area contributed by atoms with E-state index in [0.29, 0.717) is 56.1 Å². The zero-order chi connectivity index (χ0) is 62.3. The molecule has 0 spiro atoms. The van der Waals surface area contributed by atoms with E-state index in [2.05, 4.69) is 116 Å². The molecule has 0 amide bonds. The van der Waals surface area contributed by atoms with E-state index < -0.39 is 0 Å². The highest BCUT2D eigenvalue weighted by molar-refractivity contribution is 5.76. The highest BCUT2D eigenvalue weighted by Gasteiger charge is 2.15. The predicted molar refractivity (Wildman–Crippen MR) is 329 cm³/mol. The molecule has 89 heavy (non-hydrogen) atoms. The molecule has 0 saturated heterocycles. The van der Waals surface area contributed by atoms with Gasteiger partial charge in [0.05, 0.1) is 118 Å². The molecular formula is C57H58N24O8. The molecular weight excluding hydrogens is 1150 g/mol. The number of rotatable bonds is 0. The third-order valence-corrected chi connectivity index (χ3v) is 13.4. The quantitative estimate of drug-likeness (QED) is 0.0977. The first-order chi connectivity index (χ1) is 43.4. The third-order valence-electron chi connectivity index (χ3n) is 13.4. The van der Waals surface area contributed by atoms with Crippen molar-refractivity contribution in [3.63, 3.8) is 0 Å². The summed E-state index contributed by atoms with van der Waals surface area (Å²) < 4.78 is 1.41. The number of aromatic nitrogens is 20. The van der Waals surface area contributed by atoms with Gasteiger partial charge in [-0.05, 0) is 75.0 Å². The molecule has 32 nitrogen and oxygen atoms in total. The fourth-order valence-electron chi connectivity index (χ4n) is 8.91. The summed E-state index contributed by atoms with van der Waals surface area (Å²) in [5, 5.41) is 14.0. The molecule has 0 radical (unpaired) electrons. The summed E-state index contributed by atoms with van der Waals surface area (Å²) >= 11 is 0. The number of nitrogens with zero attached hydrogens (tertiary/aromatic N) is 13. The highest BCUT2D eigenvalue weighted by Crippen LogP contribution is 2.14. The number of H-pyrrole nitrogens is 7. The second kappa shape index (κ2) is 30.8. The summed E-state index contributed by atoms with van der Waals surface area (Å²) in [6.45, 7) is 4.97. The lowest BCUT2D eigenvalue weighted by atomic mass is 10.1. The first-order valence-corrected chi connectivity index (χ1v) is 27.7. The molecule has 0 aromatic carbocycles. The largest absolute Gasteiger partial charge is 0.379 e. The van der Waals surface area contributed by atoms with E-state index in [9.17, 15) is 38.4 Å². The van der Waals surface area contributed by atoms with Crippen LogP contribution in [0.15, 0.2) is 163 Å². The van der Waals surface area contributed by atoms with Gasteiger partial charge in [-0.3, -0.25) is 48.3 Å². The highest BCUT2D eigenvalue weighted by atomic mass is 16.2. The van der Waals surface area contributed by atoms with E-state index >= 15 is 0 Å². The van der Waals surface area contributed by atoms with Crippen molar-refractivity contribution in [3.05, 3.63) is 241 Å². The minimum absolute atomic E-state index is 0.0106. The van der Waals surface area contributed by atoms with Crippen LogP contribution in [-0.4, -0.2) is 125 Å². The number of aryl methyl sites for hydroxylation is 2. The maximum Gasteiger partial charge on any atom is 0.279 e. The number of fused-ring (bicyclic) bond motifs is 8. The van der Waals surface area contributed by atoms with Gasteiger partial charge in [-0.1, -0.05) is 0 Å². The zero-order valence-electron chi connectivity index (χ0n) is 47.6. The summed E-state index contributed by atoms with van der Waals surface area (Å²) in [5.74, 6) is 0.750. The minimum atomic E-state index is -0.150. The maximum absolute atomic E-state index is 11.4. The molecule has 0 atom stereocenters. The Morgan fingerprint density at radius 1 is 0.404 bits per heavy atom. The van der Waals surface area contributed by atoms with E-state index in [1.807, 2.05) is 0 Å². The van der Waals surface area contributed by atoms with E-state index in [-0.39, 0.29) is 44.5 Å². The lowest BCUT2D eigenvalue weighted by Crippen LogP contribution is -2.30. The molecule has 0 saturated carbocycles. The van der Waals surface area contributed by atoms with Gasteiger partial charge in [0.2, 0.25) is 0 Å². The second-order valence-corrected chi connectivity index (χ2v) is 19.2. The molecule has 0 aliphatic carbocycles. The van der Waals surface area contributed by atoms with Crippen LogP contribution in [0, 0.1) is 0 Å². The van der Waals surface area contributed by atoms with Crippen LogP contribution >= 0.6 is 0 Å². The summed E-state index contributed by atoms with van der Waals surface area (Å²) in [4.78, 5) is 154. The molecule has 4 aliphatic rings. The molecule has 0 bridgehead atoms. The fraction of sp³-hybridized carbons (Fsp3) is 0.228. The van der Waals surface area contributed by atoms with Crippen molar-refractivity contribution < 1.29 is 0 Å². The summed E-state index contributed by atoms with van der Waals surface area (Å²) in [5.41, 5.74) is 8.01. The van der Waals surface area contributed by atoms with Crippen LogP contribution < -0.4 is 65.7 Å². The van der Waals surface area contributed by atoms with Crippen molar-refractivity contribution in [2.45, 2.75) is 51.6 Å². The maximum atomic E-state index is 11.4. The molecule has 11 N–H and O–H groups in total. The standard InChI is InChI=1S/C8H7N3O.C7H9N3O.C7H5N3O.C7H9N3O.C7H5N3O.2C7H9N3O.C7H5N3O/c1-11-5-10-6-3-2-4-9-7(6)8(11)12;2*11-7-5-3-8-2-1-6(5)9-4-10-7;2*11-7-5-1-2-8-3-6(5)9-4-10-7;11-7-6-5(9-4-10-7)2-1-3-8-6;2*11-7-5-2-1-3-8-6(5)9-4-10-7/h2-5H,1H3;4,8H,1-3H2,(H,9,10,11);1-4H,(H,9,10,11);4,8H,1-3H2,(H,9,10,11);1-4H,(H,9,10,11);4,8H,1-3H2,(H,9,10,11);4H,1-3H2,(H2,8,9,10,11);1-4H,(H,8,9,10,11). The molecule has 0 unspecified atom stereocenters. The van der Waals surface area contributed by atoms with Gasteiger partial charge in [0.1, 0.15) is 11.5 Å². The lowest BCUT2D eigenvalue weighted by Gasteiger charge is -2.14. The van der Waals surface area contributed by atoms with Crippen LogP contribution in [0.4, 0.5) is 11.5 Å². The number of hydrogen-bond acceptors (Lipinski definition) is 24. The van der Waals surface area contributed by atoms with Gasteiger partial charge < -0.3 is 60.7 Å². The molecule has 0 fully saturated rings. The van der Waals surface area contributed by atoms with Crippen molar-refractivity contribution in [1.29, 1.82) is 0 Å². The van der Waals surface area contributed by atoms with Gasteiger partial charge in [0.25, 0.3) is 44.5 Å². The van der Waals surface area contributed by atoms with Gasteiger partial charge >= 0.3 is 0 Å². The van der Waals surface area contributed by atoms with Crippen LogP contribution in [-0.2, 0) is 45.8 Å². The average Bonchev–Trinajstić information content (AvgIpc) is 3.77. The first-order valence-electron chi connectivity index (χ1n) is 27.7. The Morgan fingerprint density at radius 2 is 1.00 bits per heavy atom. The van der Waals surface area contributed by atoms with Crippen molar-refractivity contribution in [3.8, 4) is 0 Å². The molecule has 16 heterocycles. The number of anilines is 2. The van der Waals surface area contributed by atoms with Crippen molar-refractivity contribution >= 4 is 55.4 Å². The van der Waals surface area contributed by atoms with E-state index in [1.165, 1.54) is 61.4 Å². The average molecular weight is 1210 g/mol. The Labute approximate surface area is 499 Å². The molecule has 12 aromatic heterocycles. The third kappa shape index (κ3) is 16.6. The van der Waals surface area contributed by atoms with Gasteiger partial charge in [0, 0.05) is 82.7 Å². The van der Waals surface area contributed by atoms with Gasteiger partial charge in [-0.25, -0.2) is 49.8 Å². The lowest BCUT2D eigenvalue weighted by molar-refractivity contribution is 0.618. The number of hydrogen-bond donors (Lipinski definition) is 11. The fourth-order valence-corrected chi connectivity index (χ4v) is 8.91. The number of nitrogens with one attached hydrogen (secondary N) is 11. The monoisotopic (exact) mass is 1210 g/mol. The zero-order valence-corrected chi connectivity index (χ0v) is 47.6. The molecule has 12 aromatic rings. The number of pyridine rings is 4. The second-order valence-electron chi connectivity index (χ2n) is 19.2. The Bertz CT molecular complexity index is 4390. The Balaban J connectivity index is 0.000000121. The summed E-state index contributed by atoms with van der Waals surface area (Å²) in [6, 6.07) is 10.3. The van der Waals surface area contributed by atoms with Crippen LogP contribution in [0.25, 0.3) is 43.9 Å². The van der Waals surface area contributed by atoms with Crippen LogP contribution in [0.3, 0.4) is 0 Å². The molecule has 32 heteroatoms. The van der Waals surface area contributed by atoms with Gasteiger partial charge in [0.15, 0.2) is 11.2 Å². The van der Waals surface area contributed by atoms with Gasteiger partial charge in [-0.15, -0.1) is 0 Å². The molecule has 4 aliphatic heterocycles. The Hall–Kier alpha value is -11.8. The van der Waals surface area contributed by atoms with E-state index in [1.54, 1.807) is 74.4 Å². The Kier molecular flexibility index (Phi) is 21.4. The van der Waals surface area contributed by atoms with Gasteiger partial charge in [-0.2, -0.15) is 0 Å². The molecule has 454 valence electrons. The van der Waals surface area contributed by atoms with Crippen molar-refractivity contribution in [2.75, 3.05) is 36.8 Å². The normalized spacial score (nSPS) is 12.9. The predicted octanol–water partition coefficient (Wildman–Crippen LogP) is 0.370. The number of aromatic amines is 7. The Morgan fingerprint density at radius 3 is 1.74 bits per heavy atom. The summed E-state index contributed by atoms with van der Waals surface area (Å²) in [6.07, 6.45) is 26.3. The molecule has 16 rings (SSSR count). The minimum Gasteiger partial charge on any atom is -0.379 e. The SMILES string of the molecule is Cn1cnc2cccnc2c1=O.O=c1[nH]cnc2c1CCCN2.O=c1[nH]cnc2c1CCNC2.O=c1[nH]cnc2c1CNCC2.O=c1[nH]cnc2c1NCCC2.O=c1[nH]cnc2ccncc12.O=c1[nH]cnc2cnccc12.O=c1[nH]cnc2ncccc12. The van der Waals surface area contributed by atoms with E-state index in [0.717, 1.165) is 111 Å². The van der Waals surface area contributed by atoms with Crippen LogP contribution in [0.2, 0.25) is 0 Å². The van der Waals surface area contributed by atoms with E-state index in [4.69, 9.17) is 0 Å². The van der Waals surface area contributed by atoms with Crippen molar-refractivity contribution in [2.24, 2.45) is 7.05 Å².